The van der Waals surface area contributed by atoms with Gasteiger partial charge < -0.3 is 5.32 Å². The summed E-state index contributed by atoms with van der Waals surface area (Å²) in [5.74, 6) is 1.74. The average Bonchev–Trinajstić information content (AvgIpc) is 2.30. The van der Waals surface area contributed by atoms with Crippen molar-refractivity contribution in [3.8, 4) is 0 Å². The molecule has 0 unspecified atom stereocenters. The lowest BCUT2D eigenvalue weighted by molar-refractivity contribution is 0.372. The summed E-state index contributed by atoms with van der Waals surface area (Å²) < 4.78 is 0. The maximum Gasteiger partial charge on any atom is 0.133 e. The number of nitrogens with zero attached hydrogens (tertiary/aromatic N) is 2. The van der Waals surface area contributed by atoms with E-state index >= 15 is 0 Å². The molecule has 1 aromatic rings. The first kappa shape index (κ1) is 12.5. The maximum atomic E-state index is 4.49. The molecule has 1 aromatic heterocycles. The van der Waals surface area contributed by atoms with Crippen LogP contribution in [0.3, 0.4) is 0 Å². The number of aromatic nitrogens is 2. The van der Waals surface area contributed by atoms with E-state index in [0.717, 1.165) is 31.3 Å². The number of nitrogens with one attached hydrogen (secondary N) is 1. The molecule has 3 nitrogen and oxygen atoms in total. The van der Waals surface area contributed by atoms with Crippen LogP contribution < -0.4 is 5.32 Å². The Balaban J connectivity index is 1.98. The number of piperidine rings is 1. The minimum Gasteiger partial charge on any atom is -0.317 e. The Hall–Kier alpha value is -0.960. The van der Waals surface area contributed by atoms with Crippen molar-refractivity contribution in [2.45, 2.75) is 45.4 Å². The van der Waals surface area contributed by atoms with E-state index in [2.05, 4.69) is 36.1 Å². The fourth-order valence-electron chi connectivity index (χ4n) is 2.27. The van der Waals surface area contributed by atoms with Crippen molar-refractivity contribution < 1.29 is 0 Å². The molecule has 0 radical (unpaired) electrons. The predicted octanol–water partition coefficient (Wildman–Crippen LogP) is 2.32. The molecule has 1 aliphatic heterocycles. The van der Waals surface area contributed by atoms with Gasteiger partial charge in [-0.2, -0.15) is 0 Å². The standard InChI is InChI=1S/C14H23N3/c1-14(2,3)13-16-9-12(10-17-13)8-11-4-6-15-7-5-11/h9-11,15H,4-8H2,1-3H3. The molecule has 1 fully saturated rings. The highest BCUT2D eigenvalue weighted by Crippen LogP contribution is 2.20. The summed E-state index contributed by atoms with van der Waals surface area (Å²) in [5.41, 5.74) is 1.33. The quantitative estimate of drug-likeness (QED) is 0.852. The Morgan fingerprint density at radius 2 is 1.76 bits per heavy atom. The Kier molecular flexibility index (Phi) is 3.77. The third-order valence-corrected chi connectivity index (χ3v) is 3.36. The second-order valence-corrected chi connectivity index (χ2v) is 6.06. The number of rotatable bonds is 2. The van der Waals surface area contributed by atoms with Gasteiger partial charge in [0, 0.05) is 17.8 Å². The van der Waals surface area contributed by atoms with E-state index in [1.807, 2.05) is 12.4 Å². The van der Waals surface area contributed by atoms with E-state index in [9.17, 15) is 0 Å². The van der Waals surface area contributed by atoms with Gasteiger partial charge in [-0.1, -0.05) is 20.8 Å². The normalized spacial score (nSPS) is 18.3. The molecule has 1 N–H and O–H groups in total. The summed E-state index contributed by atoms with van der Waals surface area (Å²) in [6, 6.07) is 0. The smallest absolute Gasteiger partial charge is 0.133 e. The second-order valence-electron chi connectivity index (χ2n) is 6.06. The zero-order chi connectivity index (χ0) is 12.3. The van der Waals surface area contributed by atoms with Crippen molar-refractivity contribution in [3.63, 3.8) is 0 Å². The molecule has 0 amide bonds. The van der Waals surface area contributed by atoms with Crippen LogP contribution in [0.1, 0.15) is 45.0 Å². The Morgan fingerprint density at radius 1 is 1.18 bits per heavy atom. The molecule has 3 heteroatoms. The Morgan fingerprint density at radius 3 is 2.29 bits per heavy atom. The van der Waals surface area contributed by atoms with Gasteiger partial charge in [0.1, 0.15) is 5.82 Å². The molecule has 1 aliphatic rings. The van der Waals surface area contributed by atoms with Gasteiger partial charge in [-0.25, -0.2) is 9.97 Å². The highest BCUT2D eigenvalue weighted by molar-refractivity contribution is 5.10. The van der Waals surface area contributed by atoms with Gasteiger partial charge >= 0.3 is 0 Å². The highest BCUT2D eigenvalue weighted by atomic mass is 14.9. The summed E-state index contributed by atoms with van der Waals surface area (Å²) in [5, 5.41) is 3.40. The van der Waals surface area contributed by atoms with E-state index in [-0.39, 0.29) is 5.41 Å². The lowest BCUT2D eigenvalue weighted by Gasteiger charge is -2.22. The van der Waals surface area contributed by atoms with Crippen molar-refractivity contribution in [2.24, 2.45) is 5.92 Å². The zero-order valence-corrected chi connectivity index (χ0v) is 11.2. The molecular weight excluding hydrogens is 210 g/mol. The Bertz CT molecular complexity index is 345. The van der Waals surface area contributed by atoms with Crippen LogP contribution in [0.25, 0.3) is 0 Å². The minimum absolute atomic E-state index is 0.0489. The summed E-state index contributed by atoms with van der Waals surface area (Å²) in [6.07, 6.45) is 7.71. The van der Waals surface area contributed by atoms with Crippen molar-refractivity contribution >= 4 is 0 Å². The van der Waals surface area contributed by atoms with Gasteiger partial charge in [0.2, 0.25) is 0 Å². The third-order valence-electron chi connectivity index (χ3n) is 3.36. The summed E-state index contributed by atoms with van der Waals surface area (Å²) in [6.45, 7) is 8.76. The fraction of sp³-hybridized carbons (Fsp3) is 0.714. The predicted molar refractivity (Wildman–Crippen MR) is 70.0 cm³/mol. The summed E-state index contributed by atoms with van der Waals surface area (Å²) in [7, 11) is 0. The first-order valence-corrected chi connectivity index (χ1v) is 6.58. The second kappa shape index (κ2) is 5.13. The van der Waals surface area contributed by atoms with Gasteiger partial charge in [-0.05, 0) is 43.8 Å². The van der Waals surface area contributed by atoms with Gasteiger partial charge in [0.25, 0.3) is 0 Å². The third kappa shape index (κ3) is 3.50. The summed E-state index contributed by atoms with van der Waals surface area (Å²) >= 11 is 0. The molecule has 1 saturated heterocycles. The monoisotopic (exact) mass is 233 g/mol. The molecule has 2 rings (SSSR count). The molecule has 94 valence electrons. The van der Waals surface area contributed by atoms with E-state index in [1.165, 1.54) is 18.4 Å². The molecule has 17 heavy (non-hydrogen) atoms. The van der Waals surface area contributed by atoms with Gasteiger partial charge in [0.15, 0.2) is 0 Å². The van der Waals surface area contributed by atoms with Crippen molar-refractivity contribution in [2.75, 3.05) is 13.1 Å². The topological polar surface area (TPSA) is 37.8 Å². The van der Waals surface area contributed by atoms with Crippen LogP contribution in [-0.2, 0) is 11.8 Å². The van der Waals surface area contributed by atoms with Crippen LogP contribution in [0.5, 0.6) is 0 Å². The number of hydrogen-bond acceptors (Lipinski definition) is 3. The molecule has 0 saturated carbocycles. The van der Waals surface area contributed by atoms with Crippen molar-refractivity contribution in [3.05, 3.63) is 23.8 Å². The SMILES string of the molecule is CC(C)(C)c1ncc(CC2CCNCC2)cn1. The molecule has 0 atom stereocenters. The molecule has 0 aliphatic carbocycles. The van der Waals surface area contributed by atoms with Gasteiger partial charge in [0.05, 0.1) is 0 Å². The van der Waals surface area contributed by atoms with Crippen LogP contribution in [-0.4, -0.2) is 23.1 Å². The molecule has 0 spiro atoms. The van der Waals surface area contributed by atoms with E-state index < -0.39 is 0 Å². The zero-order valence-electron chi connectivity index (χ0n) is 11.2. The fourth-order valence-corrected chi connectivity index (χ4v) is 2.27. The summed E-state index contributed by atoms with van der Waals surface area (Å²) in [4.78, 5) is 8.98. The lowest BCUT2D eigenvalue weighted by atomic mass is 9.91. The van der Waals surface area contributed by atoms with Crippen LogP contribution in [0.2, 0.25) is 0 Å². The average molecular weight is 233 g/mol. The van der Waals surface area contributed by atoms with Gasteiger partial charge in [-0.3, -0.25) is 0 Å². The highest BCUT2D eigenvalue weighted by Gasteiger charge is 2.18. The van der Waals surface area contributed by atoms with Crippen molar-refractivity contribution in [1.82, 2.24) is 15.3 Å². The van der Waals surface area contributed by atoms with Gasteiger partial charge in [-0.15, -0.1) is 0 Å². The molecule has 2 heterocycles. The van der Waals surface area contributed by atoms with Crippen molar-refractivity contribution in [1.29, 1.82) is 0 Å². The van der Waals surface area contributed by atoms with Crippen LogP contribution in [0.15, 0.2) is 12.4 Å². The van der Waals surface area contributed by atoms with E-state index in [1.54, 1.807) is 0 Å². The maximum absolute atomic E-state index is 4.49. The van der Waals surface area contributed by atoms with Crippen LogP contribution >= 0.6 is 0 Å². The molecule has 0 bridgehead atoms. The largest absolute Gasteiger partial charge is 0.317 e. The Labute approximate surface area is 104 Å². The first-order chi connectivity index (χ1) is 8.05. The molecular formula is C14H23N3. The van der Waals surface area contributed by atoms with Crippen LogP contribution in [0, 0.1) is 5.92 Å². The van der Waals surface area contributed by atoms with E-state index in [4.69, 9.17) is 0 Å². The first-order valence-electron chi connectivity index (χ1n) is 6.58. The lowest BCUT2D eigenvalue weighted by Crippen LogP contribution is -2.28. The van der Waals surface area contributed by atoms with Crippen LogP contribution in [0.4, 0.5) is 0 Å². The molecule has 0 aromatic carbocycles. The number of hydrogen-bond donors (Lipinski definition) is 1. The minimum atomic E-state index is 0.0489. The van der Waals surface area contributed by atoms with E-state index in [0.29, 0.717) is 0 Å².